The molecule has 2 aromatic rings. The normalized spacial score (nSPS) is 25.6. The minimum Gasteiger partial charge on any atom is -0.388 e. The summed E-state index contributed by atoms with van der Waals surface area (Å²) in [6, 6.07) is 0. The molecule has 13 heteroatoms. The quantitative estimate of drug-likeness (QED) is 0.416. The first-order valence-corrected chi connectivity index (χ1v) is 8.15. The number of nitrogen functional groups attached to an aromatic ring is 2. The number of nitrogens with two attached hydrogens (primary N) is 2. The van der Waals surface area contributed by atoms with Crippen LogP contribution in [0.3, 0.4) is 0 Å². The molecule has 0 spiro atoms. The summed E-state index contributed by atoms with van der Waals surface area (Å²) in [7, 11) is -4.30. The molecule has 3 rings (SSSR count). The first-order chi connectivity index (χ1) is 10.7. The number of rotatable bonds is 3. The number of fused-ring (bicyclic) bond motifs is 1. The van der Waals surface area contributed by atoms with Gasteiger partial charge in [-0.2, -0.15) is 14.6 Å². The maximum atomic E-state index is 10.8. The van der Waals surface area contributed by atoms with Gasteiger partial charge < -0.3 is 31.1 Å². The molecule has 0 amide bonds. The number of aromatic nitrogens is 5. The fourth-order valence-corrected chi connectivity index (χ4v) is 2.69. The second-order valence-electron chi connectivity index (χ2n) is 4.97. The van der Waals surface area contributed by atoms with Gasteiger partial charge in [0.1, 0.15) is 6.10 Å². The van der Waals surface area contributed by atoms with Crippen LogP contribution in [0.1, 0.15) is 12.6 Å². The van der Waals surface area contributed by atoms with E-state index in [1.54, 1.807) is 0 Å². The number of aliphatic hydroxyl groups is 1. The van der Waals surface area contributed by atoms with Crippen molar-refractivity contribution in [1.29, 1.82) is 0 Å². The van der Waals surface area contributed by atoms with Crippen molar-refractivity contribution in [3.63, 3.8) is 0 Å². The zero-order valence-electron chi connectivity index (χ0n) is 11.6. The first kappa shape index (κ1) is 15.8. The third-order valence-electron chi connectivity index (χ3n) is 3.22. The van der Waals surface area contributed by atoms with Crippen LogP contribution in [0.5, 0.6) is 0 Å². The van der Waals surface area contributed by atoms with Crippen LogP contribution in [0.15, 0.2) is 11.9 Å². The lowest BCUT2D eigenvalue weighted by molar-refractivity contribution is -0.0313. The maximum absolute atomic E-state index is 10.8. The van der Waals surface area contributed by atoms with Gasteiger partial charge in [-0.25, -0.2) is 0 Å². The van der Waals surface area contributed by atoms with Crippen molar-refractivity contribution < 1.29 is 24.2 Å². The number of nitrogens with zero attached hydrogens (tertiary/aromatic N) is 5. The predicted octanol–water partition coefficient (Wildman–Crippen LogP) is -1.27. The molecule has 0 aromatic carbocycles. The molecule has 12 nitrogen and oxygen atoms in total. The number of anilines is 2. The van der Waals surface area contributed by atoms with Gasteiger partial charge in [-0.1, -0.05) is 5.21 Å². The molecule has 0 aliphatic carbocycles. The largest absolute Gasteiger partial charge is 0.388 e. The lowest BCUT2D eigenvalue weighted by Crippen LogP contribution is -2.21. The topological polar surface area (TPSA) is 196 Å². The van der Waals surface area contributed by atoms with E-state index >= 15 is 0 Å². The van der Waals surface area contributed by atoms with Gasteiger partial charge in [0.2, 0.25) is 5.95 Å². The van der Waals surface area contributed by atoms with Gasteiger partial charge in [0.25, 0.3) is 0 Å². The van der Waals surface area contributed by atoms with Gasteiger partial charge in [0.15, 0.2) is 23.2 Å². The Labute approximate surface area is 128 Å². The summed E-state index contributed by atoms with van der Waals surface area (Å²) < 4.78 is 17.6. The molecule has 2 aromatic heterocycles. The lowest BCUT2D eigenvalue weighted by atomic mass is 10.2. The Balaban J connectivity index is 1.91. The van der Waals surface area contributed by atoms with Crippen molar-refractivity contribution >= 4 is 30.5 Å². The van der Waals surface area contributed by atoms with Crippen LogP contribution < -0.4 is 11.5 Å². The number of ether oxygens (including phenoxy) is 1. The van der Waals surface area contributed by atoms with Gasteiger partial charge in [-0.15, -0.1) is 5.10 Å². The molecule has 124 valence electrons. The summed E-state index contributed by atoms with van der Waals surface area (Å²) in [6.07, 6.45) is -1.30. The Hall–Kier alpha value is -2.11. The first-order valence-electron chi connectivity index (χ1n) is 6.46. The Morgan fingerprint density at radius 2 is 2.09 bits per heavy atom. The van der Waals surface area contributed by atoms with E-state index in [0.29, 0.717) is 0 Å². The maximum Gasteiger partial charge on any atom is 0.348 e. The fraction of sp³-hybridized carbons (Fsp3) is 0.400. The predicted molar refractivity (Wildman–Crippen MR) is 77.7 cm³/mol. The van der Waals surface area contributed by atoms with Crippen molar-refractivity contribution in [3.05, 3.63) is 11.9 Å². The number of hydrogen-bond donors (Lipinski definition) is 5. The van der Waals surface area contributed by atoms with Crippen LogP contribution in [0.4, 0.5) is 11.8 Å². The molecular weight excluding hydrogens is 329 g/mol. The Morgan fingerprint density at radius 3 is 2.78 bits per heavy atom. The monoisotopic (exact) mass is 343 g/mol. The van der Waals surface area contributed by atoms with Crippen molar-refractivity contribution in [3.8, 4) is 0 Å². The summed E-state index contributed by atoms with van der Waals surface area (Å²) in [4.78, 5) is 25.4. The highest BCUT2D eigenvalue weighted by atomic mass is 31.2. The summed E-state index contributed by atoms with van der Waals surface area (Å²) in [5, 5.41) is 17.8. The molecule has 23 heavy (non-hydrogen) atoms. The van der Waals surface area contributed by atoms with Crippen LogP contribution in [-0.4, -0.2) is 52.1 Å². The standard InChI is InChI=1S/C10H14N7O5P/c11-7-6-8(14-10(12)13-7)17(16-15-6)9-5(18)3-4(22-9)1-2-23(19,20)21/h1-2,4-5,9,18H,3H2,(H2,19,20,21)(H4,11,12,13,14)/t4-,5-,9-/m1/s1. The van der Waals surface area contributed by atoms with Gasteiger partial charge in [-0.05, 0) is 6.08 Å². The van der Waals surface area contributed by atoms with E-state index in [2.05, 4.69) is 20.3 Å². The van der Waals surface area contributed by atoms with Gasteiger partial charge in [0, 0.05) is 12.2 Å². The second kappa shape index (κ2) is 5.51. The lowest BCUT2D eigenvalue weighted by Gasteiger charge is -2.14. The highest BCUT2D eigenvalue weighted by molar-refractivity contribution is 7.55. The third-order valence-corrected chi connectivity index (χ3v) is 3.78. The summed E-state index contributed by atoms with van der Waals surface area (Å²) >= 11 is 0. The molecule has 0 unspecified atom stereocenters. The van der Waals surface area contributed by atoms with E-state index in [1.165, 1.54) is 10.8 Å². The Kier molecular flexibility index (Phi) is 3.78. The molecule has 0 saturated carbocycles. The number of aliphatic hydroxyl groups excluding tert-OH is 1. The Bertz CT molecular complexity index is 817. The second-order valence-corrected chi connectivity index (χ2v) is 6.45. The number of hydrogen-bond acceptors (Lipinski definition) is 9. The molecule has 1 aliphatic rings. The highest BCUT2D eigenvalue weighted by Crippen LogP contribution is 2.38. The zero-order chi connectivity index (χ0) is 16.8. The molecule has 1 aliphatic heterocycles. The van der Waals surface area contributed by atoms with E-state index in [-0.39, 0.29) is 29.4 Å². The van der Waals surface area contributed by atoms with E-state index in [0.717, 1.165) is 5.82 Å². The summed E-state index contributed by atoms with van der Waals surface area (Å²) in [5.74, 6) is 0.692. The van der Waals surface area contributed by atoms with Crippen LogP contribution in [0.2, 0.25) is 0 Å². The average molecular weight is 343 g/mol. The highest BCUT2D eigenvalue weighted by Gasteiger charge is 2.36. The molecule has 0 radical (unpaired) electrons. The van der Waals surface area contributed by atoms with Crippen molar-refractivity contribution in [1.82, 2.24) is 25.0 Å². The van der Waals surface area contributed by atoms with Crippen molar-refractivity contribution in [2.24, 2.45) is 0 Å². The molecule has 0 bridgehead atoms. The third kappa shape index (κ3) is 3.16. The van der Waals surface area contributed by atoms with Crippen molar-refractivity contribution in [2.75, 3.05) is 11.5 Å². The van der Waals surface area contributed by atoms with Crippen LogP contribution >= 0.6 is 7.60 Å². The van der Waals surface area contributed by atoms with Crippen LogP contribution in [0, 0.1) is 0 Å². The van der Waals surface area contributed by atoms with Gasteiger partial charge in [-0.3, -0.25) is 4.57 Å². The van der Waals surface area contributed by atoms with Crippen LogP contribution in [-0.2, 0) is 9.30 Å². The minimum absolute atomic E-state index is 0.0455. The van der Waals surface area contributed by atoms with Gasteiger partial charge >= 0.3 is 7.60 Å². The summed E-state index contributed by atoms with van der Waals surface area (Å²) in [5.41, 5.74) is 11.6. The molecular formula is C10H14N7O5P. The summed E-state index contributed by atoms with van der Waals surface area (Å²) in [6.45, 7) is 0. The van der Waals surface area contributed by atoms with Crippen molar-refractivity contribution in [2.45, 2.75) is 24.9 Å². The van der Waals surface area contributed by atoms with Crippen LogP contribution in [0.25, 0.3) is 11.2 Å². The average Bonchev–Trinajstić information content (AvgIpc) is 2.99. The van der Waals surface area contributed by atoms with E-state index < -0.39 is 26.0 Å². The van der Waals surface area contributed by atoms with E-state index in [9.17, 15) is 9.67 Å². The molecule has 1 fully saturated rings. The zero-order valence-corrected chi connectivity index (χ0v) is 12.5. The van der Waals surface area contributed by atoms with Gasteiger partial charge in [0.05, 0.1) is 6.10 Å². The van der Waals surface area contributed by atoms with E-state index in [1.807, 2.05) is 0 Å². The van der Waals surface area contributed by atoms with E-state index in [4.69, 9.17) is 26.0 Å². The fourth-order valence-electron chi connectivity index (χ4n) is 2.27. The molecule has 1 saturated heterocycles. The molecule has 3 heterocycles. The molecule has 7 N–H and O–H groups in total. The minimum atomic E-state index is -4.30. The smallest absolute Gasteiger partial charge is 0.348 e. The SMILES string of the molecule is Nc1nc(N)c2nnn([C@@H]3O[C@H](C=CP(=O)(O)O)C[C@H]3O)c2n1. The Morgan fingerprint density at radius 1 is 1.35 bits per heavy atom. The molecule has 3 atom stereocenters.